The molecule has 0 unspecified atom stereocenters. The van der Waals surface area contributed by atoms with Crippen molar-refractivity contribution in [3.05, 3.63) is 59.3 Å². The molecule has 0 aromatic heterocycles. The lowest BCUT2D eigenvalue weighted by molar-refractivity contribution is -0.113. The number of benzene rings is 2. The van der Waals surface area contributed by atoms with Crippen molar-refractivity contribution in [2.75, 3.05) is 26.1 Å². The summed E-state index contributed by atoms with van der Waals surface area (Å²) >= 11 is 5.32. The molecule has 0 bridgehead atoms. The molecule has 30 heavy (non-hydrogen) atoms. The van der Waals surface area contributed by atoms with E-state index in [1.165, 1.54) is 0 Å². The molecule has 1 aliphatic rings. The molecule has 3 N–H and O–H groups in total. The predicted molar refractivity (Wildman–Crippen MR) is 120 cm³/mol. The lowest BCUT2D eigenvalue weighted by atomic mass is 9.95. The molecule has 0 aliphatic carbocycles. The number of rotatable bonds is 7. The lowest BCUT2D eigenvalue weighted by Crippen LogP contribution is -2.45. The summed E-state index contributed by atoms with van der Waals surface area (Å²) in [4.78, 5) is 13.3. The molecule has 1 atom stereocenters. The Labute approximate surface area is 181 Å². The first-order valence-electron chi connectivity index (χ1n) is 9.51. The molecule has 1 amide bonds. The Bertz CT molecular complexity index is 973. The van der Waals surface area contributed by atoms with Gasteiger partial charge < -0.3 is 30.2 Å². The summed E-state index contributed by atoms with van der Waals surface area (Å²) in [5, 5.41) is 9.62. The largest absolute Gasteiger partial charge is 0.497 e. The number of methoxy groups -OCH3 is 2. The van der Waals surface area contributed by atoms with Gasteiger partial charge in [-0.25, -0.2) is 0 Å². The van der Waals surface area contributed by atoms with Crippen LogP contribution in [0.15, 0.2) is 53.7 Å². The van der Waals surface area contributed by atoms with E-state index in [0.29, 0.717) is 40.2 Å². The monoisotopic (exact) mass is 427 g/mol. The second-order valence-corrected chi connectivity index (χ2v) is 7.00. The normalized spacial score (nSPS) is 15.7. The van der Waals surface area contributed by atoms with Gasteiger partial charge in [0.25, 0.3) is 5.91 Å². The highest BCUT2D eigenvalue weighted by atomic mass is 32.1. The third-order valence-corrected chi connectivity index (χ3v) is 4.92. The second-order valence-electron chi connectivity index (χ2n) is 6.59. The van der Waals surface area contributed by atoms with E-state index in [4.69, 9.17) is 26.4 Å². The number of carbonyl (C=O) groups is 1. The van der Waals surface area contributed by atoms with E-state index in [1.807, 2.05) is 38.1 Å². The fourth-order valence-electron chi connectivity index (χ4n) is 3.26. The number of amides is 1. The minimum Gasteiger partial charge on any atom is -0.497 e. The molecule has 2 aromatic rings. The quantitative estimate of drug-likeness (QED) is 0.583. The van der Waals surface area contributed by atoms with Crippen molar-refractivity contribution in [2.45, 2.75) is 19.9 Å². The molecule has 2 aromatic carbocycles. The number of anilines is 1. The zero-order valence-corrected chi connectivity index (χ0v) is 18.2. The van der Waals surface area contributed by atoms with E-state index in [1.54, 1.807) is 32.4 Å². The smallest absolute Gasteiger partial charge is 0.255 e. The molecule has 1 aliphatic heterocycles. The topological polar surface area (TPSA) is 80.9 Å². The molecular formula is C22H25N3O4S. The maximum absolute atomic E-state index is 13.3. The van der Waals surface area contributed by atoms with Crippen molar-refractivity contribution >= 4 is 28.9 Å². The van der Waals surface area contributed by atoms with Gasteiger partial charge in [0.1, 0.15) is 17.2 Å². The van der Waals surface area contributed by atoms with Gasteiger partial charge in [0.2, 0.25) is 0 Å². The van der Waals surface area contributed by atoms with E-state index >= 15 is 0 Å². The number of hydrogen-bond acceptors (Lipinski definition) is 5. The molecule has 0 saturated carbocycles. The molecule has 7 nitrogen and oxygen atoms in total. The molecule has 1 heterocycles. The number of hydrogen-bond donors (Lipinski definition) is 3. The number of thiocarbonyl (C=S) groups is 1. The van der Waals surface area contributed by atoms with E-state index in [9.17, 15) is 4.79 Å². The van der Waals surface area contributed by atoms with E-state index in [0.717, 1.165) is 11.3 Å². The predicted octanol–water partition coefficient (Wildman–Crippen LogP) is 3.53. The first-order valence-corrected chi connectivity index (χ1v) is 9.92. The minimum absolute atomic E-state index is 0.266. The van der Waals surface area contributed by atoms with Gasteiger partial charge in [-0.05, 0) is 55.9 Å². The summed E-state index contributed by atoms with van der Waals surface area (Å²) in [5.41, 5.74) is 2.66. The van der Waals surface area contributed by atoms with Crippen molar-refractivity contribution in [2.24, 2.45) is 0 Å². The molecular weight excluding hydrogens is 402 g/mol. The van der Waals surface area contributed by atoms with E-state index in [2.05, 4.69) is 16.0 Å². The van der Waals surface area contributed by atoms with Crippen LogP contribution in [0, 0.1) is 0 Å². The molecule has 3 rings (SSSR count). The average molecular weight is 428 g/mol. The van der Waals surface area contributed by atoms with Crippen LogP contribution in [-0.4, -0.2) is 31.8 Å². The molecule has 8 heteroatoms. The lowest BCUT2D eigenvalue weighted by Gasteiger charge is -2.30. The number of nitrogens with one attached hydrogen (secondary N) is 3. The van der Waals surface area contributed by atoms with Gasteiger partial charge in [-0.1, -0.05) is 12.1 Å². The summed E-state index contributed by atoms with van der Waals surface area (Å²) in [7, 11) is 3.12. The SMILES string of the molecule is CCOc1ccc([C@H]2NC(=S)NC(C)=C2C(=O)Nc2ccc(OC)cc2OC)cc1. The average Bonchev–Trinajstić information content (AvgIpc) is 2.74. The summed E-state index contributed by atoms with van der Waals surface area (Å²) in [6.45, 7) is 4.35. The van der Waals surface area contributed by atoms with Crippen molar-refractivity contribution in [3.8, 4) is 17.2 Å². The summed E-state index contributed by atoms with van der Waals surface area (Å²) in [5.74, 6) is 1.65. The van der Waals surface area contributed by atoms with Crippen LogP contribution in [0.4, 0.5) is 5.69 Å². The molecule has 0 fully saturated rings. The number of carbonyl (C=O) groups excluding carboxylic acids is 1. The molecule has 0 saturated heterocycles. The van der Waals surface area contributed by atoms with Crippen molar-refractivity contribution < 1.29 is 19.0 Å². The van der Waals surface area contributed by atoms with Gasteiger partial charge in [0, 0.05) is 11.8 Å². The van der Waals surface area contributed by atoms with Crippen LogP contribution in [0.3, 0.4) is 0 Å². The third kappa shape index (κ3) is 4.65. The van der Waals surface area contributed by atoms with Crippen LogP contribution >= 0.6 is 12.2 Å². The van der Waals surface area contributed by atoms with Gasteiger partial charge in [0.15, 0.2) is 5.11 Å². The second kappa shape index (κ2) is 9.49. The van der Waals surface area contributed by atoms with Crippen molar-refractivity contribution in [1.29, 1.82) is 0 Å². The summed E-state index contributed by atoms with van der Waals surface area (Å²) < 4.78 is 16.1. The first kappa shape index (κ1) is 21.4. The zero-order chi connectivity index (χ0) is 21.7. The Balaban J connectivity index is 1.91. The maximum Gasteiger partial charge on any atom is 0.255 e. The Morgan fingerprint density at radius 1 is 1.10 bits per heavy atom. The standard InChI is InChI=1S/C22H25N3O4S/c1-5-29-15-8-6-14(7-9-15)20-19(13(2)23-22(30)25-20)21(26)24-17-11-10-16(27-3)12-18(17)28-4/h6-12,20H,5H2,1-4H3,(H,24,26)(H2,23,25,30)/t20-/m1/s1. The third-order valence-electron chi connectivity index (χ3n) is 4.70. The highest BCUT2D eigenvalue weighted by Crippen LogP contribution is 2.32. The first-order chi connectivity index (χ1) is 14.5. The van der Waals surface area contributed by atoms with Gasteiger partial charge >= 0.3 is 0 Å². The Morgan fingerprint density at radius 2 is 1.80 bits per heavy atom. The van der Waals surface area contributed by atoms with Gasteiger partial charge in [-0.15, -0.1) is 0 Å². The fourth-order valence-corrected chi connectivity index (χ4v) is 3.53. The highest BCUT2D eigenvalue weighted by Gasteiger charge is 2.30. The number of allylic oxidation sites excluding steroid dienone is 1. The minimum atomic E-state index is -0.404. The van der Waals surface area contributed by atoms with Gasteiger partial charge in [0.05, 0.1) is 38.1 Å². The van der Waals surface area contributed by atoms with E-state index < -0.39 is 6.04 Å². The fraction of sp³-hybridized carbons (Fsp3) is 0.273. The van der Waals surface area contributed by atoms with Crippen LogP contribution in [0.5, 0.6) is 17.2 Å². The zero-order valence-electron chi connectivity index (χ0n) is 17.4. The summed E-state index contributed by atoms with van der Waals surface area (Å²) in [6.07, 6.45) is 0. The van der Waals surface area contributed by atoms with Crippen molar-refractivity contribution in [3.63, 3.8) is 0 Å². The Kier molecular flexibility index (Phi) is 6.79. The number of ether oxygens (including phenoxy) is 3. The van der Waals surface area contributed by atoms with Crippen LogP contribution < -0.4 is 30.2 Å². The highest BCUT2D eigenvalue weighted by molar-refractivity contribution is 7.80. The van der Waals surface area contributed by atoms with Crippen molar-refractivity contribution in [1.82, 2.24) is 10.6 Å². The van der Waals surface area contributed by atoms with Crippen LogP contribution in [0.2, 0.25) is 0 Å². The van der Waals surface area contributed by atoms with Crippen LogP contribution in [0.1, 0.15) is 25.5 Å². The summed E-state index contributed by atoms with van der Waals surface area (Å²) in [6, 6.07) is 12.4. The Hall–Kier alpha value is -3.26. The van der Waals surface area contributed by atoms with Gasteiger partial charge in [-0.2, -0.15) is 0 Å². The molecule has 0 radical (unpaired) electrons. The Morgan fingerprint density at radius 3 is 2.43 bits per heavy atom. The van der Waals surface area contributed by atoms with Gasteiger partial charge in [-0.3, -0.25) is 4.79 Å². The van der Waals surface area contributed by atoms with Crippen LogP contribution in [0.25, 0.3) is 0 Å². The van der Waals surface area contributed by atoms with Crippen LogP contribution in [-0.2, 0) is 4.79 Å². The molecule has 158 valence electrons. The van der Waals surface area contributed by atoms with E-state index in [-0.39, 0.29) is 5.91 Å². The molecule has 0 spiro atoms. The maximum atomic E-state index is 13.3.